The van der Waals surface area contributed by atoms with Crippen molar-refractivity contribution in [3.63, 3.8) is 0 Å². The molecule has 1 unspecified atom stereocenters. The van der Waals surface area contributed by atoms with Crippen molar-refractivity contribution in [3.8, 4) is 0 Å². The molecular weight excluding hydrogens is 142 g/mol. The summed E-state index contributed by atoms with van der Waals surface area (Å²) in [4.78, 5) is 18.8. The van der Waals surface area contributed by atoms with E-state index in [-0.39, 0.29) is 0 Å². The number of hydrogen-bond acceptors (Lipinski definition) is 4. The van der Waals surface area contributed by atoms with E-state index in [4.69, 9.17) is 10.2 Å². The number of rotatable bonds is 3. The Morgan fingerprint density at radius 3 is 2.30 bits per heavy atom. The van der Waals surface area contributed by atoms with Gasteiger partial charge < -0.3 is 10.2 Å². The fourth-order valence-corrected chi connectivity index (χ4v) is 0.319. The smallest absolute Gasteiger partial charge is 0.342 e. The maximum absolute atomic E-state index is 10.0. The summed E-state index contributed by atoms with van der Waals surface area (Å²) < 4.78 is 0. The van der Waals surface area contributed by atoms with Gasteiger partial charge in [0.05, 0.1) is 0 Å². The maximum Gasteiger partial charge on any atom is 0.342 e. The van der Waals surface area contributed by atoms with E-state index in [9.17, 15) is 14.9 Å². The molecule has 1 atom stereocenters. The first-order valence-corrected chi connectivity index (χ1v) is 2.44. The summed E-state index contributed by atoms with van der Waals surface area (Å²) in [5, 5.41) is 26.6. The van der Waals surface area contributed by atoms with E-state index in [1.54, 1.807) is 0 Å². The van der Waals surface area contributed by atoms with Crippen molar-refractivity contribution in [3.05, 3.63) is 10.1 Å². The van der Waals surface area contributed by atoms with Gasteiger partial charge in [0.15, 0.2) is 0 Å². The Labute approximate surface area is 56.2 Å². The zero-order valence-corrected chi connectivity index (χ0v) is 5.27. The first-order chi connectivity index (χ1) is 4.36. The lowest BCUT2D eigenvalue weighted by Gasteiger charge is -2.10. The lowest BCUT2D eigenvalue weighted by molar-refractivity contribution is -0.496. The molecule has 0 aromatic rings. The van der Waals surface area contributed by atoms with E-state index in [1.807, 2.05) is 0 Å². The van der Waals surface area contributed by atoms with Gasteiger partial charge >= 0.3 is 5.97 Å². The molecule has 2 N–H and O–H groups in total. The highest BCUT2D eigenvalue weighted by Crippen LogP contribution is 2.02. The molecule has 0 aliphatic heterocycles. The molecule has 0 aromatic heterocycles. The van der Waals surface area contributed by atoms with Crippen molar-refractivity contribution in [2.24, 2.45) is 0 Å². The Kier molecular flexibility index (Phi) is 2.30. The van der Waals surface area contributed by atoms with E-state index in [0.717, 1.165) is 6.92 Å². The average Bonchev–Trinajstić information content (AvgIpc) is 1.60. The van der Waals surface area contributed by atoms with Crippen LogP contribution in [0.1, 0.15) is 6.92 Å². The summed E-state index contributed by atoms with van der Waals surface area (Å²) in [6.07, 6.45) is 0. The number of hydrogen-bond donors (Lipinski definition) is 2. The highest BCUT2D eigenvalue weighted by atomic mass is 16.6. The van der Waals surface area contributed by atoms with Crippen molar-refractivity contribution in [1.82, 2.24) is 0 Å². The molecule has 0 bridgehead atoms. The number of aliphatic carboxylic acids is 1. The second-order valence-electron chi connectivity index (χ2n) is 2.07. The minimum Gasteiger partial charge on any atom is -0.479 e. The summed E-state index contributed by atoms with van der Waals surface area (Å²) in [6.45, 7) is -0.111. The average molecular weight is 149 g/mol. The molecule has 0 aromatic carbocycles. The van der Waals surface area contributed by atoms with Gasteiger partial charge in [0.2, 0.25) is 12.1 Å². The molecule has 10 heavy (non-hydrogen) atoms. The zero-order chi connectivity index (χ0) is 8.36. The molecule has 0 rings (SSSR count). The third kappa shape index (κ3) is 2.40. The summed E-state index contributed by atoms with van der Waals surface area (Å²) >= 11 is 0. The minimum atomic E-state index is -2.26. The molecule has 0 radical (unpaired) electrons. The van der Waals surface area contributed by atoms with Crippen LogP contribution in [0.25, 0.3) is 0 Å². The van der Waals surface area contributed by atoms with E-state index >= 15 is 0 Å². The molecule has 6 nitrogen and oxygen atoms in total. The fourth-order valence-electron chi connectivity index (χ4n) is 0.319. The van der Waals surface area contributed by atoms with E-state index in [2.05, 4.69) is 0 Å². The molecule has 0 aliphatic rings. The first-order valence-electron chi connectivity index (χ1n) is 2.44. The van der Waals surface area contributed by atoms with Crippen molar-refractivity contribution >= 4 is 5.97 Å². The molecule has 0 fully saturated rings. The number of carboxylic acid groups (broad SMARTS) is 1. The van der Waals surface area contributed by atoms with Gasteiger partial charge in [-0.15, -0.1) is 0 Å². The normalized spacial score (nSPS) is 15.8. The number of nitrogens with zero attached hydrogens (tertiary/aromatic N) is 1. The maximum atomic E-state index is 10.0. The van der Waals surface area contributed by atoms with Crippen molar-refractivity contribution in [2.45, 2.75) is 12.5 Å². The highest BCUT2D eigenvalue weighted by molar-refractivity contribution is 5.76. The Hall–Kier alpha value is -1.17. The van der Waals surface area contributed by atoms with E-state index < -0.39 is 23.0 Å². The SMILES string of the molecule is CC(O)(C[N+](=O)[O-])C(=O)O. The molecule has 0 spiro atoms. The van der Waals surface area contributed by atoms with Gasteiger partial charge in [-0.2, -0.15) is 0 Å². The predicted molar refractivity (Wildman–Crippen MR) is 30.1 cm³/mol. The monoisotopic (exact) mass is 149 g/mol. The summed E-state index contributed by atoms with van der Waals surface area (Å²) in [5.41, 5.74) is -2.26. The third-order valence-electron chi connectivity index (χ3n) is 0.898. The minimum absolute atomic E-state index is 0.873. The fraction of sp³-hybridized carbons (Fsp3) is 0.750. The topological polar surface area (TPSA) is 101 Å². The number of nitro groups is 1. The van der Waals surface area contributed by atoms with Gasteiger partial charge in [-0.3, -0.25) is 10.1 Å². The zero-order valence-electron chi connectivity index (χ0n) is 5.27. The number of carboxylic acids is 1. The Balaban J connectivity index is 4.13. The van der Waals surface area contributed by atoms with Crippen LogP contribution in [-0.2, 0) is 4.79 Å². The van der Waals surface area contributed by atoms with Crippen LogP contribution in [0.3, 0.4) is 0 Å². The summed E-state index contributed by atoms with van der Waals surface area (Å²) in [6, 6.07) is 0. The molecule has 0 aliphatic carbocycles. The number of aliphatic hydroxyl groups is 1. The first kappa shape index (κ1) is 8.83. The van der Waals surface area contributed by atoms with Crippen LogP contribution in [0.15, 0.2) is 0 Å². The van der Waals surface area contributed by atoms with Crippen molar-refractivity contribution in [1.29, 1.82) is 0 Å². The quantitative estimate of drug-likeness (QED) is 0.400. The summed E-state index contributed by atoms with van der Waals surface area (Å²) in [7, 11) is 0. The van der Waals surface area contributed by atoms with Crippen LogP contribution in [0.4, 0.5) is 0 Å². The van der Waals surface area contributed by atoms with Gasteiger partial charge in [0.25, 0.3) is 0 Å². The van der Waals surface area contributed by atoms with Gasteiger partial charge in [-0.25, -0.2) is 4.79 Å². The number of carbonyl (C=O) groups is 1. The lowest BCUT2D eigenvalue weighted by Crippen LogP contribution is -2.41. The Morgan fingerprint density at radius 1 is 1.80 bits per heavy atom. The van der Waals surface area contributed by atoms with Gasteiger partial charge in [0.1, 0.15) is 0 Å². The van der Waals surface area contributed by atoms with Crippen molar-refractivity contribution < 1.29 is 19.9 Å². The standard InChI is InChI=1S/C4H7NO5/c1-4(8,3(6)7)2-5(9)10/h8H,2H2,1H3,(H,6,7). The third-order valence-corrected chi connectivity index (χ3v) is 0.898. The van der Waals surface area contributed by atoms with Crippen LogP contribution >= 0.6 is 0 Å². The molecular formula is C4H7NO5. The molecule has 0 saturated carbocycles. The largest absolute Gasteiger partial charge is 0.479 e. The molecule has 0 amide bonds. The second kappa shape index (κ2) is 2.61. The molecule has 6 heteroatoms. The second-order valence-corrected chi connectivity index (χ2v) is 2.07. The van der Waals surface area contributed by atoms with E-state index in [1.165, 1.54) is 0 Å². The predicted octanol–water partition coefficient (Wildman–Crippen LogP) is -0.901. The van der Waals surface area contributed by atoms with Crippen molar-refractivity contribution in [2.75, 3.05) is 6.54 Å². The van der Waals surface area contributed by atoms with Crippen LogP contribution in [0.5, 0.6) is 0 Å². The van der Waals surface area contributed by atoms with Gasteiger partial charge in [0, 0.05) is 4.92 Å². The summed E-state index contributed by atoms with van der Waals surface area (Å²) in [5.74, 6) is -1.59. The van der Waals surface area contributed by atoms with Gasteiger partial charge in [-0.05, 0) is 6.92 Å². The Morgan fingerprint density at radius 2 is 2.20 bits per heavy atom. The molecule has 0 heterocycles. The lowest BCUT2D eigenvalue weighted by atomic mass is 10.1. The highest BCUT2D eigenvalue weighted by Gasteiger charge is 2.35. The van der Waals surface area contributed by atoms with E-state index in [0.29, 0.717) is 0 Å². The molecule has 58 valence electrons. The van der Waals surface area contributed by atoms with Crippen LogP contribution in [0.2, 0.25) is 0 Å². The van der Waals surface area contributed by atoms with Crippen LogP contribution in [0, 0.1) is 10.1 Å². The van der Waals surface area contributed by atoms with Gasteiger partial charge in [-0.1, -0.05) is 0 Å². The van der Waals surface area contributed by atoms with Crippen LogP contribution in [-0.4, -0.2) is 33.3 Å². The Bertz CT molecular complexity index is 163. The molecule has 0 saturated heterocycles. The van der Waals surface area contributed by atoms with Crippen LogP contribution < -0.4 is 0 Å².